The Bertz CT molecular complexity index is 598. The highest BCUT2D eigenvalue weighted by Crippen LogP contribution is 2.17. The summed E-state index contributed by atoms with van der Waals surface area (Å²) in [5.41, 5.74) is 0.779. The first kappa shape index (κ1) is 14.9. The maximum atomic E-state index is 11.8. The first-order valence-corrected chi connectivity index (χ1v) is 7.69. The van der Waals surface area contributed by atoms with Crippen LogP contribution in [0.4, 0.5) is 5.69 Å². The lowest BCUT2D eigenvalue weighted by atomic mass is 10.3. The molecule has 0 unspecified atom stereocenters. The van der Waals surface area contributed by atoms with Gasteiger partial charge in [0.05, 0.1) is 0 Å². The summed E-state index contributed by atoms with van der Waals surface area (Å²) < 4.78 is 2.39. The summed E-state index contributed by atoms with van der Waals surface area (Å²) in [7, 11) is 0. The minimum absolute atomic E-state index is 0.0420. The van der Waals surface area contributed by atoms with E-state index < -0.39 is 0 Å². The number of carbonyl (C=O) groups is 1. The summed E-state index contributed by atoms with van der Waals surface area (Å²) in [4.78, 5) is 11.8. The Kier molecular flexibility index (Phi) is 5.02. The van der Waals surface area contributed by atoms with Crippen LogP contribution in [0.15, 0.2) is 33.9 Å². The van der Waals surface area contributed by atoms with Gasteiger partial charge in [0.2, 0.25) is 11.1 Å². The van der Waals surface area contributed by atoms with E-state index in [2.05, 4.69) is 31.4 Å². The van der Waals surface area contributed by atoms with Gasteiger partial charge >= 0.3 is 0 Å². The number of nitrogens with two attached hydrogens (primary N) is 1. The fourth-order valence-electron chi connectivity index (χ4n) is 1.44. The third-order valence-electron chi connectivity index (χ3n) is 2.52. The molecule has 0 aliphatic carbocycles. The van der Waals surface area contributed by atoms with Gasteiger partial charge in [0, 0.05) is 22.3 Å². The predicted octanol–water partition coefficient (Wildman–Crippen LogP) is 2.18. The Labute approximate surface area is 129 Å². The van der Waals surface area contributed by atoms with E-state index in [1.165, 1.54) is 16.4 Å². The van der Waals surface area contributed by atoms with E-state index >= 15 is 0 Å². The first-order chi connectivity index (χ1) is 9.56. The Morgan fingerprint density at radius 3 is 2.70 bits per heavy atom. The topological polar surface area (TPSA) is 85.8 Å². The fraction of sp³-hybridized carbons (Fsp3) is 0.250. The minimum atomic E-state index is -0.0420. The maximum Gasteiger partial charge on any atom is 0.225 e. The second-order valence-electron chi connectivity index (χ2n) is 4.05. The van der Waals surface area contributed by atoms with Gasteiger partial charge in [0.1, 0.15) is 5.82 Å². The van der Waals surface area contributed by atoms with Gasteiger partial charge in [-0.1, -0.05) is 27.7 Å². The predicted molar refractivity (Wildman–Crippen MR) is 83.0 cm³/mol. The largest absolute Gasteiger partial charge is 0.336 e. The molecule has 1 aromatic carbocycles. The lowest BCUT2D eigenvalue weighted by molar-refractivity contribution is -0.115. The van der Waals surface area contributed by atoms with Crippen LogP contribution in [0.25, 0.3) is 0 Å². The second-order valence-corrected chi connectivity index (χ2v) is 6.03. The average Bonchev–Trinajstić information content (AvgIpc) is 2.73. The molecule has 8 heteroatoms. The van der Waals surface area contributed by atoms with Crippen LogP contribution in [-0.2, 0) is 4.79 Å². The molecule has 6 nitrogen and oxygen atoms in total. The molecule has 0 aliphatic rings. The number of halogens is 1. The van der Waals surface area contributed by atoms with E-state index in [4.69, 9.17) is 5.84 Å². The Balaban J connectivity index is 1.78. The quantitative estimate of drug-likeness (QED) is 0.634. The number of thioether (sulfide) groups is 1. The third-order valence-corrected chi connectivity index (χ3v) is 4.00. The van der Waals surface area contributed by atoms with Gasteiger partial charge in [-0.05, 0) is 31.2 Å². The van der Waals surface area contributed by atoms with Crippen molar-refractivity contribution in [2.75, 3.05) is 16.9 Å². The summed E-state index contributed by atoms with van der Waals surface area (Å²) in [6.07, 6.45) is 0.382. The minimum Gasteiger partial charge on any atom is -0.336 e. The number of nitrogens with one attached hydrogen (secondary N) is 1. The Morgan fingerprint density at radius 1 is 1.40 bits per heavy atom. The molecule has 2 aromatic rings. The molecule has 0 saturated heterocycles. The standard InChI is InChI=1S/C12H14BrN5OS/c1-8-16-17-12(18(8)14)20-7-6-11(19)15-10-4-2-9(13)3-5-10/h2-5H,6-7,14H2,1H3,(H,15,19). The van der Waals surface area contributed by atoms with E-state index in [1.54, 1.807) is 6.92 Å². The van der Waals surface area contributed by atoms with Gasteiger partial charge in [0.25, 0.3) is 0 Å². The van der Waals surface area contributed by atoms with Gasteiger partial charge in [-0.15, -0.1) is 10.2 Å². The molecule has 0 fully saturated rings. The van der Waals surface area contributed by atoms with E-state index in [9.17, 15) is 4.79 Å². The SMILES string of the molecule is Cc1nnc(SCCC(=O)Nc2ccc(Br)cc2)n1N. The van der Waals surface area contributed by atoms with Crippen LogP contribution in [-0.4, -0.2) is 26.5 Å². The van der Waals surface area contributed by atoms with E-state index in [1.807, 2.05) is 24.3 Å². The monoisotopic (exact) mass is 355 g/mol. The van der Waals surface area contributed by atoms with Gasteiger partial charge in [-0.2, -0.15) is 0 Å². The lowest BCUT2D eigenvalue weighted by Gasteiger charge is -2.05. The second kappa shape index (κ2) is 6.76. The van der Waals surface area contributed by atoms with Crippen molar-refractivity contribution in [2.24, 2.45) is 0 Å². The molecule has 20 heavy (non-hydrogen) atoms. The summed E-state index contributed by atoms with van der Waals surface area (Å²) in [5.74, 6) is 6.92. The highest BCUT2D eigenvalue weighted by Gasteiger charge is 2.08. The van der Waals surface area contributed by atoms with Crippen LogP contribution in [0.5, 0.6) is 0 Å². The van der Waals surface area contributed by atoms with Gasteiger partial charge in [-0.3, -0.25) is 4.79 Å². The van der Waals surface area contributed by atoms with Crippen LogP contribution in [0.2, 0.25) is 0 Å². The number of benzene rings is 1. The van der Waals surface area contributed by atoms with Crippen molar-refractivity contribution in [3.63, 3.8) is 0 Å². The average molecular weight is 356 g/mol. The zero-order valence-corrected chi connectivity index (χ0v) is 13.2. The van der Waals surface area contributed by atoms with Gasteiger partial charge in [-0.25, -0.2) is 4.68 Å². The lowest BCUT2D eigenvalue weighted by Crippen LogP contribution is -2.14. The number of aromatic nitrogens is 3. The van der Waals surface area contributed by atoms with Crippen molar-refractivity contribution in [3.05, 3.63) is 34.6 Å². The van der Waals surface area contributed by atoms with Crippen LogP contribution >= 0.6 is 27.7 Å². The van der Waals surface area contributed by atoms with Crippen molar-refractivity contribution in [3.8, 4) is 0 Å². The van der Waals surface area contributed by atoms with Crippen molar-refractivity contribution in [2.45, 2.75) is 18.5 Å². The molecule has 0 aliphatic heterocycles. The molecule has 0 bridgehead atoms. The molecule has 1 aromatic heterocycles. The van der Waals surface area contributed by atoms with Crippen molar-refractivity contribution in [1.29, 1.82) is 0 Å². The Hall–Kier alpha value is -1.54. The summed E-state index contributed by atoms with van der Waals surface area (Å²) in [6.45, 7) is 1.78. The normalized spacial score (nSPS) is 10.5. The number of anilines is 1. The number of rotatable bonds is 5. The van der Waals surface area contributed by atoms with Crippen LogP contribution < -0.4 is 11.2 Å². The number of nitrogen functional groups attached to an aromatic ring is 1. The number of carbonyl (C=O) groups excluding carboxylic acids is 1. The molecule has 0 atom stereocenters. The summed E-state index contributed by atoms with van der Waals surface area (Å²) >= 11 is 4.75. The van der Waals surface area contributed by atoms with Gasteiger partial charge in [0.15, 0.2) is 0 Å². The molecular formula is C12H14BrN5OS. The van der Waals surface area contributed by atoms with E-state index in [0.29, 0.717) is 23.2 Å². The Morgan fingerprint density at radius 2 is 2.10 bits per heavy atom. The van der Waals surface area contributed by atoms with Crippen LogP contribution in [0, 0.1) is 6.92 Å². The van der Waals surface area contributed by atoms with Gasteiger partial charge < -0.3 is 11.2 Å². The number of hydrogen-bond donors (Lipinski definition) is 2. The van der Waals surface area contributed by atoms with Crippen LogP contribution in [0.3, 0.4) is 0 Å². The highest BCUT2D eigenvalue weighted by molar-refractivity contribution is 9.10. The molecule has 1 heterocycles. The van der Waals surface area contributed by atoms with E-state index in [-0.39, 0.29) is 5.91 Å². The molecule has 2 rings (SSSR count). The number of amides is 1. The molecule has 3 N–H and O–H groups in total. The van der Waals surface area contributed by atoms with Crippen molar-refractivity contribution >= 4 is 39.3 Å². The molecule has 1 amide bonds. The molecule has 0 saturated carbocycles. The van der Waals surface area contributed by atoms with E-state index in [0.717, 1.165) is 10.2 Å². The maximum absolute atomic E-state index is 11.8. The molecular weight excluding hydrogens is 342 g/mol. The number of hydrogen-bond acceptors (Lipinski definition) is 5. The van der Waals surface area contributed by atoms with Crippen LogP contribution in [0.1, 0.15) is 12.2 Å². The molecule has 0 spiro atoms. The zero-order valence-electron chi connectivity index (χ0n) is 10.8. The van der Waals surface area contributed by atoms with Crippen molar-refractivity contribution in [1.82, 2.24) is 14.9 Å². The highest BCUT2D eigenvalue weighted by atomic mass is 79.9. The number of aryl methyl sites for hydroxylation is 1. The smallest absolute Gasteiger partial charge is 0.225 e. The summed E-state index contributed by atoms with van der Waals surface area (Å²) in [5, 5.41) is 11.2. The number of nitrogens with zero attached hydrogens (tertiary/aromatic N) is 3. The molecule has 0 radical (unpaired) electrons. The first-order valence-electron chi connectivity index (χ1n) is 5.91. The molecule has 106 valence electrons. The third kappa shape index (κ3) is 3.97. The summed E-state index contributed by atoms with van der Waals surface area (Å²) in [6, 6.07) is 7.44. The van der Waals surface area contributed by atoms with Crippen molar-refractivity contribution < 1.29 is 4.79 Å². The zero-order chi connectivity index (χ0) is 14.5. The fourth-order valence-corrected chi connectivity index (χ4v) is 2.54.